The summed E-state index contributed by atoms with van der Waals surface area (Å²) >= 11 is 5.81. The fraction of sp³-hybridized carbons (Fsp3) is 0.333. The predicted molar refractivity (Wildman–Crippen MR) is 66.0 cm³/mol. The summed E-state index contributed by atoms with van der Waals surface area (Å²) in [4.78, 5) is 22.4. The molecule has 19 heavy (non-hydrogen) atoms. The molecule has 2 unspecified atom stereocenters. The lowest BCUT2D eigenvalue weighted by atomic mass is 9.98. The van der Waals surface area contributed by atoms with Gasteiger partial charge in [0.1, 0.15) is 6.10 Å². The zero-order chi connectivity index (χ0) is 14.6. The van der Waals surface area contributed by atoms with Gasteiger partial charge in [0, 0.05) is 10.6 Å². The number of carboxylic acid groups (broad SMARTS) is 1. The van der Waals surface area contributed by atoms with Crippen LogP contribution in [0.25, 0.3) is 0 Å². The van der Waals surface area contributed by atoms with Crippen molar-refractivity contribution in [3.63, 3.8) is 0 Å². The Morgan fingerprint density at radius 1 is 1.37 bits per heavy atom. The van der Waals surface area contributed by atoms with Crippen molar-refractivity contribution < 1.29 is 29.6 Å². The van der Waals surface area contributed by atoms with Crippen molar-refractivity contribution in [3.05, 3.63) is 34.3 Å². The average molecular weight is 289 g/mol. The van der Waals surface area contributed by atoms with E-state index in [0.29, 0.717) is 0 Å². The topological polar surface area (TPSA) is 104 Å². The molecule has 104 valence electrons. The van der Waals surface area contributed by atoms with Crippen molar-refractivity contribution in [3.8, 4) is 0 Å². The van der Waals surface area contributed by atoms with Crippen molar-refractivity contribution in [2.45, 2.75) is 19.1 Å². The van der Waals surface area contributed by atoms with Gasteiger partial charge < -0.3 is 20.1 Å². The fourth-order valence-electron chi connectivity index (χ4n) is 1.54. The van der Waals surface area contributed by atoms with E-state index in [9.17, 15) is 19.8 Å². The van der Waals surface area contributed by atoms with E-state index in [1.807, 2.05) is 0 Å². The highest BCUT2D eigenvalue weighted by atomic mass is 35.5. The molecule has 0 saturated heterocycles. The third-order valence-electron chi connectivity index (χ3n) is 2.41. The number of ether oxygens (including phenoxy) is 1. The fourth-order valence-corrected chi connectivity index (χ4v) is 1.82. The Kier molecular flexibility index (Phi) is 5.29. The monoisotopic (exact) mass is 288 g/mol. The SMILES string of the molecule is CCOC(=O)C(O)C(O)c1c(Cl)cccc1C(=O)O. The molecule has 1 aromatic carbocycles. The molecule has 2 atom stereocenters. The van der Waals surface area contributed by atoms with Gasteiger partial charge in [0.05, 0.1) is 12.2 Å². The maximum absolute atomic E-state index is 11.3. The summed E-state index contributed by atoms with van der Waals surface area (Å²) in [5, 5.41) is 28.5. The quantitative estimate of drug-likeness (QED) is 0.698. The molecule has 0 fully saturated rings. The Morgan fingerprint density at radius 2 is 2.00 bits per heavy atom. The van der Waals surface area contributed by atoms with Crippen LogP contribution in [0, 0.1) is 0 Å². The van der Waals surface area contributed by atoms with E-state index in [2.05, 4.69) is 4.74 Å². The van der Waals surface area contributed by atoms with Crippen LogP contribution in [0.3, 0.4) is 0 Å². The van der Waals surface area contributed by atoms with Crippen LogP contribution in [0.2, 0.25) is 5.02 Å². The predicted octanol–water partition coefficient (Wildman–Crippen LogP) is 0.996. The molecule has 0 aliphatic carbocycles. The van der Waals surface area contributed by atoms with Crippen LogP contribution in [0.1, 0.15) is 28.9 Å². The van der Waals surface area contributed by atoms with Gasteiger partial charge in [-0.1, -0.05) is 17.7 Å². The normalized spacial score (nSPS) is 13.7. The van der Waals surface area contributed by atoms with E-state index < -0.39 is 24.1 Å². The van der Waals surface area contributed by atoms with E-state index >= 15 is 0 Å². The molecule has 0 bridgehead atoms. The number of halogens is 1. The van der Waals surface area contributed by atoms with Crippen molar-refractivity contribution in [2.75, 3.05) is 6.61 Å². The molecule has 0 amide bonds. The summed E-state index contributed by atoms with van der Waals surface area (Å²) in [5.41, 5.74) is -0.513. The van der Waals surface area contributed by atoms with E-state index in [0.717, 1.165) is 0 Å². The maximum atomic E-state index is 11.3. The van der Waals surface area contributed by atoms with Crippen molar-refractivity contribution in [1.29, 1.82) is 0 Å². The number of hydrogen-bond acceptors (Lipinski definition) is 5. The molecule has 0 aliphatic heterocycles. The van der Waals surface area contributed by atoms with Crippen LogP contribution >= 0.6 is 11.6 Å². The summed E-state index contributed by atoms with van der Waals surface area (Å²) in [6.45, 7) is 1.56. The third kappa shape index (κ3) is 3.44. The molecule has 3 N–H and O–H groups in total. The first kappa shape index (κ1) is 15.4. The Bertz CT molecular complexity index is 487. The Hall–Kier alpha value is -1.63. The minimum Gasteiger partial charge on any atom is -0.478 e. The summed E-state index contributed by atoms with van der Waals surface area (Å²) in [5.74, 6) is -2.38. The van der Waals surface area contributed by atoms with Gasteiger partial charge in [-0.15, -0.1) is 0 Å². The van der Waals surface area contributed by atoms with E-state index in [1.54, 1.807) is 0 Å². The van der Waals surface area contributed by atoms with Crippen molar-refractivity contribution in [1.82, 2.24) is 0 Å². The number of carbonyl (C=O) groups is 2. The highest BCUT2D eigenvalue weighted by Crippen LogP contribution is 2.29. The van der Waals surface area contributed by atoms with Gasteiger partial charge in [0.25, 0.3) is 0 Å². The lowest BCUT2D eigenvalue weighted by molar-refractivity contribution is -0.159. The van der Waals surface area contributed by atoms with Gasteiger partial charge in [-0.25, -0.2) is 9.59 Å². The zero-order valence-electron chi connectivity index (χ0n) is 10.0. The lowest BCUT2D eigenvalue weighted by Gasteiger charge is -2.19. The number of esters is 1. The second-order valence-corrected chi connectivity index (χ2v) is 4.06. The number of aromatic carboxylic acids is 1. The third-order valence-corrected chi connectivity index (χ3v) is 2.74. The smallest absolute Gasteiger partial charge is 0.338 e. The minimum absolute atomic E-state index is 0.0247. The van der Waals surface area contributed by atoms with Gasteiger partial charge >= 0.3 is 11.9 Å². The van der Waals surface area contributed by atoms with Crippen LogP contribution in [-0.2, 0) is 9.53 Å². The van der Waals surface area contributed by atoms with Crippen molar-refractivity contribution in [2.24, 2.45) is 0 Å². The summed E-state index contributed by atoms with van der Waals surface area (Å²) in [6, 6.07) is 3.95. The number of hydrogen-bond donors (Lipinski definition) is 3. The first-order valence-corrected chi connectivity index (χ1v) is 5.82. The molecule has 1 aromatic rings. The van der Waals surface area contributed by atoms with Gasteiger partial charge in [0.15, 0.2) is 6.10 Å². The Balaban J connectivity index is 3.15. The van der Waals surface area contributed by atoms with Crippen LogP contribution in [0.5, 0.6) is 0 Å². The molecule has 0 aliphatic rings. The maximum Gasteiger partial charge on any atom is 0.338 e. The summed E-state index contributed by atoms with van der Waals surface area (Å²) < 4.78 is 4.55. The molecular formula is C12H13ClO6. The number of carboxylic acids is 1. The van der Waals surface area contributed by atoms with E-state index in [1.165, 1.54) is 25.1 Å². The second kappa shape index (κ2) is 6.51. The van der Waals surface area contributed by atoms with Crippen LogP contribution < -0.4 is 0 Å². The minimum atomic E-state index is -1.90. The first-order chi connectivity index (χ1) is 8.90. The summed E-state index contributed by atoms with van der Waals surface area (Å²) in [7, 11) is 0. The average Bonchev–Trinajstić information content (AvgIpc) is 2.36. The number of aliphatic hydroxyl groups is 2. The highest BCUT2D eigenvalue weighted by molar-refractivity contribution is 6.32. The lowest BCUT2D eigenvalue weighted by Crippen LogP contribution is -2.31. The number of benzene rings is 1. The summed E-state index contributed by atoms with van der Waals surface area (Å²) in [6.07, 6.45) is -3.68. The number of aliphatic hydroxyl groups excluding tert-OH is 2. The second-order valence-electron chi connectivity index (χ2n) is 3.65. The standard InChI is InChI=1S/C12H13ClO6/c1-2-19-12(18)10(15)9(14)8-6(11(16)17)4-3-5-7(8)13/h3-5,9-10,14-15H,2H2,1H3,(H,16,17). The molecule has 6 nitrogen and oxygen atoms in total. The largest absolute Gasteiger partial charge is 0.478 e. The molecule has 0 aromatic heterocycles. The molecule has 0 saturated carbocycles. The van der Waals surface area contributed by atoms with Crippen LogP contribution in [-0.4, -0.2) is 40.0 Å². The zero-order valence-corrected chi connectivity index (χ0v) is 10.8. The highest BCUT2D eigenvalue weighted by Gasteiger charge is 2.31. The Labute approximate surface area is 114 Å². The molecule has 0 heterocycles. The molecular weight excluding hydrogens is 276 g/mol. The van der Waals surface area contributed by atoms with Crippen LogP contribution in [0.4, 0.5) is 0 Å². The number of rotatable bonds is 5. The molecule has 0 radical (unpaired) electrons. The van der Waals surface area contributed by atoms with Gasteiger partial charge in [-0.3, -0.25) is 0 Å². The molecule has 0 spiro atoms. The van der Waals surface area contributed by atoms with Gasteiger partial charge in [0.2, 0.25) is 0 Å². The van der Waals surface area contributed by atoms with Crippen LogP contribution in [0.15, 0.2) is 18.2 Å². The van der Waals surface area contributed by atoms with Crippen molar-refractivity contribution >= 4 is 23.5 Å². The van der Waals surface area contributed by atoms with E-state index in [4.69, 9.17) is 16.7 Å². The first-order valence-electron chi connectivity index (χ1n) is 5.44. The molecule has 1 rings (SSSR count). The Morgan fingerprint density at radius 3 is 2.53 bits per heavy atom. The van der Waals surface area contributed by atoms with Gasteiger partial charge in [-0.05, 0) is 19.1 Å². The molecule has 7 heteroatoms. The number of carbonyl (C=O) groups excluding carboxylic acids is 1. The van der Waals surface area contributed by atoms with Gasteiger partial charge in [-0.2, -0.15) is 0 Å². The van der Waals surface area contributed by atoms with E-state index in [-0.39, 0.29) is 22.8 Å².